The van der Waals surface area contributed by atoms with Crippen molar-refractivity contribution in [1.82, 2.24) is 5.32 Å². The number of thioether (sulfide) groups is 1. The van der Waals surface area contributed by atoms with E-state index >= 15 is 0 Å². The van der Waals surface area contributed by atoms with Crippen LogP contribution >= 0.6 is 11.8 Å². The number of nitrogens with two attached hydrogens (primary N) is 1. The minimum Gasteiger partial charge on any atom is -0.396 e. The third kappa shape index (κ3) is 3.38. The van der Waals surface area contributed by atoms with Crippen molar-refractivity contribution in [3.05, 3.63) is 29.6 Å². The van der Waals surface area contributed by atoms with Gasteiger partial charge >= 0.3 is 0 Å². The lowest BCUT2D eigenvalue weighted by Crippen LogP contribution is -2.31. The molecule has 0 aromatic heterocycles. The molecule has 0 bridgehead atoms. The van der Waals surface area contributed by atoms with Gasteiger partial charge < -0.3 is 11.1 Å². The molecule has 18 heavy (non-hydrogen) atoms. The SMILES string of the molecule is Nc1cc(C(=O)NCC2CCSCC2)ccc1F. The largest absolute Gasteiger partial charge is 0.396 e. The number of hydrogen-bond acceptors (Lipinski definition) is 3. The summed E-state index contributed by atoms with van der Waals surface area (Å²) in [5.74, 6) is 2.23. The second-order valence-corrected chi connectivity index (χ2v) is 5.73. The number of nitrogens with one attached hydrogen (secondary N) is 1. The van der Waals surface area contributed by atoms with Gasteiger partial charge in [0, 0.05) is 12.1 Å². The van der Waals surface area contributed by atoms with Gasteiger partial charge in [0.1, 0.15) is 5.82 Å². The maximum absolute atomic E-state index is 13.0. The van der Waals surface area contributed by atoms with Gasteiger partial charge in [-0.3, -0.25) is 4.79 Å². The molecule has 0 spiro atoms. The van der Waals surface area contributed by atoms with Gasteiger partial charge in [-0.15, -0.1) is 0 Å². The molecule has 1 fully saturated rings. The van der Waals surface area contributed by atoms with E-state index in [4.69, 9.17) is 5.73 Å². The maximum atomic E-state index is 13.0. The molecule has 3 nitrogen and oxygen atoms in total. The molecule has 0 unspecified atom stereocenters. The predicted octanol–water partition coefficient (Wildman–Crippen LogP) is 2.28. The number of hydrogen-bond donors (Lipinski definition) is 2. The molecule has 1 saturated heterocycles. The molecular weight excluding hydrogens is 251 g/mol. The van der Waals surface area contributed by atoms with Crippen molar-refractivity contribution in [3.63, 3.8) is 0 Å². The summed E-state index contributed by atoms with van der Waals surface area (Å²) in [6.45, 7) is 0.691. The minimum atomic E-state index is -0.490. The normalized spacial score (nSPS) is 16.5. The third-order valence-electron chi connectivity index (χ3n) is 3.15. The summed E-state index contributed by atoms with van der Waals surface area (Å²) in [5, 5.41) is 2.89. The van der Waals surface area contributed by atoms with Gasteiger partial charge in [0.2, 0.25) is 0 Å². The van der Waals surface area contributed by atoms with Crippen LogP contribution < -0.4 is 11.1 Å². The summed E-state index contributed by atoms with van der Waals surface area (Å²) in [6.07, 6.45) is 2.30. The summed E-state index contributed by atoms with van der Waals surface area (Å²) >= 11 is 1.96. The number of amides is 1. The number of halogens is 1. The average molecular weight is 268 g/mol. The first-order valence-corrected chi connectivity index (χ1v) is 7.23. The Morgan fingerprint density at radius 2 is 2.17 bits per heavy atom. The van der Waals surface area contributed by atoms with Crippen molar-refractivity contribution < 1.29 is 9.18 Å². The van der Waals surface area contributed by atoms with Crippen LogP contribution in [0.3, 0.4) is 0 Å². The zero-order valence-electron chi connectivity index (χ0n) is 10.1. The van der Waals surface area contributed by atoms with Crippen LogP contribution in [0.25, 0.3) is 0 Å². The van der Waals surface area contributed by atoms with Crippen molar-refractivity contribution in [3.8, 4) is 0 Å². The molecule has 0 saturated carbocycles. The molecule has 1 aromatic rings. The Morgan fingerprint density at radius 1 is 1.44 bits per heavy atom. The highest BCUT2D eigenvalue weighted by Crippen LogP contribution is 2.22. The molecule has 5 heteroatoms. The molecule has 1 amide bonds. The van der Waals surface area contributed by atoms with E-state index in [2.05, 4.69) is 5.32 Å². The molecule has 2 rings (SSSR count). The Balaban J connectivity index is 1.88. The Labute approximate surface area is 110 Å². The van der Waals surface area contributed by atoms with E-state index in [0.29, 0.717) is 18.0 Å². The fourth-order valence-corrected chi connectivity index (χ4v) is 3.18. The fourth-order valence-electron chi connectivity index (χ4n) is 1.97. The molecule has 3 N–H and O–H groups in total. The number of carbonyl (C=O) groups excluding carboxylic acids is 1. The molecule has 0 atom stereocenters. The topological polar surface area (TPSA) is 55.1 Å². The highest BCUT2D eigenvalue weighted by atomic mass is 32.2. The van der Waals surface area contributed by atoms with E-state index < -0.39 is 5.82 Å². The van der Waals surface area contributed by atoms with E-state index in [1.165, 1.54) is 29.7 Å². The Bertz CT molecular complexity index is 433. The second kappa shape index (κ2) is 6.09. The maximum Gasteiger partial charge on any atom is 0.251 e. The van der Waals surface area contributed by atoms with Crippen LogP contribution in [-0.2, 0) is 0 Å². The van der Waals surface area contributed by atoms with Crippen LogP contribution in [0.2, 0.25) is 0 Å². The first-order valence-electron chi connectivity index (χ1n) is 6.08. The smallest absolute Gasteiger partial charge is 0.251 e. The van der Waals surface area contributed by atoms with Crippen LogP contribution in [0.4, 0.5) is 10.1 Å². The number of nitrogen functional groups attached to an aromatic ring is 1. The summed E-state index contributed by atoms with van der Waals surface area (Å²) < 4.78 is 13.0. The molecule has 0 radical (unpaired) electrons. The van der Waals surface area contributed by atoms with Crippen LogP contribution in [0.1, 0.15) is 23.2 Å². The van der Waals surface area contributed by atoms with Crippen molar-refractivity contribution in [1.29, 1.82) is 0 Å². The number of anilines is 1. The van der Waals surface area contributed by atoms with E-state index in [0.717, 1.165) is 12.8 Å². The van der Waals surface area contributed by atoms with Crippen molar-refractivity contribution in [2.24, 2.45) is 5.92 Å². The molecule has 1 heterocycles. The fraction of sp³-hybridized carbons (Fsp3) is 0.462. The Kier molecular flexibility index (Phi) is 4.47. The van der Waals surface area contributed by atoms with Crippen molar-refractivity contribution >= 4 is 23.4 Å². The zero-order valence-corrected chi connectivity index (χ0v) is 10.9. The summed E-state index contributed by atoms with van der Waals surface area (Å²) in [6, 6.07) is 4.06. The predicted molar refractivity (Wildman–Crippen MR) is 73.2 cm³/mol. The van der Waals surface area contributed by atoms with Crippen LogP contribution in [0.5, 0.6) is 0 Å². The third-order valence-corrected chi connectivity index (χ3v) is 4.20. The van der Waals surface area contributed by atoms with E-state index in [1.54, 1.807) is 0 Å². The van der Waals surface area contributed by atoms with Crippen LogP contribution in [-0.4, -0.2) is 24.0 Å². The van der Waals surface area contributed by atoms with Gasteiger partial charge in [0.15, 0.2) is 0 Å². The second-order valence-electron chi connectivity index (χ2n) is 4.50. The van der Waals surface area contributed by atoms with Crippen LogP contribution in [0, 0.1) is 11.7 Å². The number of rotatable bonds is 3. The van der Waals surface area contributed by atoms with Gasteiger partial charge in [-0.25, -0.2) is 4.39 Å². The first-order chi connectivity index (χ1) is 8.66. The Hall–Kier alpha value is -1.23. The summed E-state index contributed by atoms with van der Waals surface area (Å²) in [4.78, 5) is 11.9. The zero-order chi connectivity index (χ0) is 13.0. The van der Waals surface area contributed by atoms with E-state index in [9.17, 15) is 9.18 Å². The molecular formula is C13H17FN2OS. The lowest BCUT2D eigenvalue weighted by molar-refractivity contribution is 0.0946. The van der Waals surface area contributed by atoms with E-state index in [1.807, 2.05) is 11.8 Å². The highest BCUT2D eigenvalue weighted by Gasteiger charge is 2.15. The average Bonchev–Trinajstić information content (AvgIpc) is 2.40. The molecule has 1 aliphatic heterocycles. The van der Waals surface area contributed by atoms with Gasteiger partial charge in [0.25, 0.3) is 5.91 Å². The molecule has 1 aliphatic rings. The standard InChI is InChI=1S/C13H17FN2OS/c14-11-2-1-10(7-12(11)15)13(17)16-8-9-3-5-18-6-4-9/h1-2,7,9H,3-6,8,15H2,(H,16,17). The molecule has 98 valence electrons. The number of benzene rings is 1. The summed E-state index contributed by atoms with van der Waals surface area (Å²) in [7, 11) is 0. The van der Waals surface area contributed by atoms with Gasteiger partial charge in [0.05, 0.1) is 5.69 Å². The van der Waals surface area contributed by atoms with Crippen molar-refractivity contribution in [2.75, 3.05) is 23.8 Å². The van der Waals surface area contributed by atoms with Gasteiger partial charge in [-0.2, -0.15) is 11.8 Å². The van der Waals surface area contributed by atoms with Gasteiger partial charge in [-0.05, 0) is 48.5 Å². The van der Waals surface area contributed by atoms with Gasteiger partial charge in [-0.1, -0.05) is 0 Å². The lowest BCUT2D eigenvalue weighted by Gasteiger charge is -2.21. The molecule has 0 aliphatic carbocycles. The monoisotopic (exact) mass is 268 g/mol. The Morgan fingerprint density at radius 3 is 2.83 bits per heavy atom. The quantitative estimate of drug-likeness (QED) is 0.827. The summed E-state index contributed by atoms with van der Waals surface area (Å²) in [5.41, 5.74) is 5.87. The van der Waals surface area contributed by atoms with E-state index in [-0.39, 0.29) is 11.6 Å². The highest BCUT2D eigenvalue weighted by molar-refractivity contribution is 7.99. The first kappa shape index (κ1) is 13.2. The lowest BCUT2D eigenvalue weighted by atomic mass is 10.0. The van der Waals surface area contributed by atoms with Crippen LogP contribution in [0.15, 0.2) is 18.2 Å². The van der Waals surface area contributed by atoms with Crippen molar-refractivity contribution in [2.45, 2.75) is 12.8 Å². The number of carbonyl (C=O) groups is 1. The minimum absolute atomic E-state index is 0.0108. The molecule has 1 aromatic carbocycles.